The number of halogens is 1. The summed E-state index contributed by atoms with van der Waals surface area (Å²) in [7, 11) is 4.01. The molecular weight excluding hydrogens is 505 g/mol. The summed E-state index contributed by atoms with van der Waals surface area (Å²) in [5.41, 5.74) is 4.79. The number of amides is 1. The lowest BCUT2D eigenvalue weighted by molar-refractivity contribution is -0.120. The van der Waals surface area contributed by atoms with Gasteiger partial charge in [0, 0.05) is 52.2 Å². The first-order valence-corrected chi connectivity index (χ1v) is 10.7. The predicted octanol–water partition coefficient (Wildman–Crippen LogP) is 2.23. The molecular formula is C22H32IN7O. The second-order valence-electron chi connectivity index (χ2n) is 8.00. The largest absolute Gasteiger partial charge is 0.374 e. The lowest BCUT2D eigenvalue weighted by atomic mass is 10.00. The van der Waals surface area contributed by atoms with E-state index in [2.05, 4.69) is 47.5 Å². The number of carbonyl (C=O) groups excluding carboxylic acids is 1. The fraction of sp³-hybridized carbons (Fsp3) is 0.500. The van der Waals surface area contributed by atoms with Crippen molar-refractivity contribution in [3.63, 3.8) is 0 Å². The monoisotopic (exact) mass is 537 g/mol. The van der Waals surface area contributed by atoms with Crippen molar-refractivity contribution in [3.8, 4) is 0 Å². The van der Waals surface area contributed by atoms with Crippen LogP contribution in [0.4, 0.5) is 11.4 Å². The van der Waals surface area contributed by atoms with E-state index in [4.69, 9.17) is 4.99 Å². The van der Waals surface area contributed by atoms with Crippen molar-refractivity contribution in [2.45, 2.75) is 26.3 Å². The Bertz CT molecular complexity index is 942. The van der Waals surface area contributed by atoms with Crippen LogP contribution in [0.2, 0.25) is 0 Å². The van der Waals surface area contributed by atoms with Crippen LogP contribution in [-0.4, -0.2) is 66.3 Å². The summed E-state index contributed by atoms with van der Waals surface area (Å²) < 4.78 is 1.72. The minimum atomic E-state index is 0. The third-order valence-electron chi connectivity index (χ3n) is 5.76. The zero-order chi connectivity index (χ0) is 21.1. The molecule has 2 aliphatic rings. The minimum Gasteiger partial charge on any atom is -0.374 e. The number of piperazine rings is 1. The number of rotatable bonds is 4. The smallest absolute Gasteiger partial charge is 0.246 e. The van der Waals surface area contributed by atoms with Crippen molar-refractivity contribution in [1.82, 2.24) is 20.0 Å². The molecule has 0 bridgehead atoms. The van der Waals surface area contributed by atoms with Crippen LogP contribution >= 0.6 is 24.0 Å². The highest BCUT2D eigenvalue weighted by atomic mass is 127. The molecule has 0 radical (unpaired) electrons. The van der Waals surface area contributed by atoms with Crippen molar-refractivity contribution in [1.29, 1.82) is 0 Å². The molecule has 0 saturated carbocycles. The van der Waals surface area contributed by atoms with Crippen molar-refractivity contribution < 1.29 is 4.79 Å². The molecule has 0 atom stereocenters. The maximum Gasteiger partial charge on any atom is 0.246 e. The van der Waals surface area contributed by atoms with Gasteiger partial charge in [-0.05, 0) is 37.0 Å². The summed E-state index contributed by atoms with van der Waals surface area (Å²) in [5, 5.41) is 7.53. The Morgan fingerprint density at radius 3 is 2.77 bits per heavy atom. The van der Waals surface area contributed by atoms with Gasteiger partial charge in [0.1, 0.15) is 6.54 Å². The summed E-state index contributed by atoms with van der Waals surface area (Å²) in [6.07, 6.45) is 5.94. The lowest BCUT2D eigenvalue weighted by Crippen LogP contribution is -2.55. The summed E-state index contributed by atoms with van der Waals surface area (Å²) in [6, 6.07) is 6.66. The second-order valence-corrected chi connectivity index (χ2v) is 8.00. The van der Waals surface area contributed by atoms with Crippen molar-refractivity contribution in [2.75, 3.05) is 49.6 Å². The number of fused-ring (bicyclic) bond motifs is 1. The van der Waals surface area contributed by atoms with Crippen LogP contribution < -0.4 is 15.1 Å². The Morgan fingerprint density at radius 2 is 2.06 bits per heavy atom. The van der Waals surface area contributed by atoms with Gasteiger partial charge in [0.25, 0.3) is 0 Å². The van der Waals surface area contributed by atoms with Gasteiger partial charge in [0.05, 0.1) is 18.4 Å². The number of aryl methyl sites for hydroxylation is 2. The third-order valence-corrected chi connectivity index (χ3v) is 5.76. The molecule has 2 aliphatic heterocycles. The maximum atomic E-state index is 12.7. The highest BCUT2D eigenvalue weighted by Gasteiger charge is 2.27. The lowest BCUT2D eigenvalue weighted by Gasteiger charge is -2.35. The average molecular weight is 537 g/mol. The summed E-state index contributed by atoms with van der Waals surface area (Å²) in [6.45, 7) is 6.23. The van der Waals surface area contributed by atoms with Crippen LogP contribution in [0.5, 0.6) is 0 Å². The van der Waals surface area contributed by atoms with Gasteiger partial charge in [-0.25, -0.2) is 4.99 Å². The van der Waals surface area contributed by atoms with E-state index in [9.17, 15) is 4.79 Å². The molecule has 1 saturated heterocycles. The van der Waals surface area contributed by atoms with Gasteiger partial charge in [-0.3, -0.25) is 9.48 Å². The first kappa shape index (κ1) is 23.4. The van der Waals surface area contributed by atoms with E-state index in [0.29, 0.717) is 19.6 Å². The number of anilines is 2. The van der Waals surface area contributed by atoms with E-state index in [0.717, 1.165) is 37.7 Å². The molecule has 1 N–H and O–H groups in total. The zero-order valence-electron chi connectivity index (χ0n) is 18.5. The van der Waals surface area contributed by atoms with Crippen LogP contribution in [0.1, 0.15) is 24.5 Å². The normalized spacial score (nSPS) is 16.8. The van der Waals surface area contributed by atoms with E-state index in [1.54, 1.807) is 15.8 Å². The van der Waals surface area contributed by atoms with E-state index < -0.39 is 0 Å². The van der Waals surface area contributed by atoms with Crippen LogP contribution in [0.3, 0.4) is 0 Å². The Hall–Kier alpha value is -2.30. The molecule has 2 aromatic rings. The number of aliphatic imine (C=N–C) groups is 1. The average Bonchev–Trinajstić information content (AvgIpc) is 3.17. The molecule has 8 nitrogen and oxygen atoms in total. The summed E-state index contributed by atoms with van der Waals surface area (Å²) in [4.78, 5) is 23.8. The van der Waals surface area contributed by atoms with Crippen LogP contribution in [0.15, 0.2) is 35.6 Å². The molecule has 0 unspecified atom stereocenters. The Labute approximate surface area is 201 Å². The number of hydrogen-bond acceptors (Lipinski definition) is 4. The van der Waals surface area contributed by atoms with Gasteiger partial charge in [0.15, 0.2) is 5.96 Å². The van der Waals surface area contributed by atoms with E-state index >= 15 is 0 Å². The molecule has 9 heteroatoms. The number of carbonyl (C=O) groups is 1. The first-order chi connectivity index (χ1) is 14.5. The molecule has 1 aromatic carbocycles. The maximum absolute atomic E-state index is 12.7. The first-order valence-electron chi connectivity index (χ1n) is 10.7. The fourth-order valence-corrected chi connectivity index (χ4v) is 4.20. The number of nitrogens with zero attached hydrogens (tertiary/aromatic N) is 6. The number of benzene rings is 1. The predicted molar refractivity (Wildman–Crippen MR) is 135 cm³/mol. The highest BCUT2D eigenvalue weighted by Crippen LogP contribution is 2.27. The van der Waals surface area contributed by atoms with E-state index in [-0.39, 0.29) is 29.9 Å². The second kappa shape index (κ2) is 10.3. The summed E-state index contributed by atoms with van der Waals surface area (Å²) in [5.74, 6) is 0.864. The molecule has 4 rings (SSSR count). The molecule has 1 fully saturated rings. The van der Waals surface area contributed by atoms with Crippen LogP contribution in [0, 0.1) is 0 Å². The third kappa shape index (κ3) is 5.31. The van der Waals surface area contributed by atoms with Crippen molar-refractivity contribution in [2.24, 2.45) is 12.0 Å². The van der Waals surface area contributed by atoms with Gasteiger partial charge < -0.3 is 20.0 Å². The SMILES string of the molecule is CCNC(=NCc1ccc2c(c1)CCCN2C)N1CCN(c2cnn(C)c2)C(=O)C1.I. The van der Waals surface area contributed by atoms with Gasteiger partial charge in [-0.2, -0.15) is 5.10 Å². The number of nitrogens with one attached hydrogen (secondary N) is 1. The van der Waals surface area contributed by atoms with E-state index in [1.165, 1.54) is 23.2 Å². The van der Waals surface area contributed by atoms with Gasteiger partial charge in [-0.15, -0.1) is 24.0 Å². The number of aromatic nitrogens is 2. The Morgan fingerprint density at radius 1 is 1.23 bits per heavy atom. The van der Waals surface area contributed by atoms with Crippen molar-refractivity contribution in [3.05, 3.63) is 41.7 Å². The minimum absolute atomic E-state index is 0. The Kier molecular flexibility index (Phi) is 7.79. The number of guanidine groups is 1. The molecule has 0 aliphatic carbocycles. The zero-order valence-corrected chi connectivity index (χ0v) is 20.9. The highest BCUT2D eigenvalue weighted by molar-refractivity contribution is 14.0. The molecule has 31 heavy (non-hydrogen) atoms. The van der Waals surface area contributed by atoms with Gasteiger partial charge in [-0.1, -0.05) is 12.1 Å². The molecule has 3 heterocycles. The summed E-state index contributed by atoms with van der Waals surface area (Å²) >= 11 is 0. The standard InChI is InChI=1S/C22H31N7O.HI/c1-4-23-22(24-13-17-7-8-20-18(12-17)6-5-9-26(20)2)28-10-11-29(21(30)16-28)19-14-25-27(3)15-19;/h7-8,12,14-15H,4-6,9-11,13,16H2,1-3H3,(H,23,24);1H. The fourth-order valence-electron chi connectivity index (χ4n) is 4.20. The number of hydrogen-bond donors (Lipinski definition) is 1. The quantitative estimate of drug-likeness (QED) is 0.368. The molecule has 168 valence electrons. The van der Waals surface area contributed by atoms with Gasteiger partial charge >= 0.3 is 0 Å². The van der Waals surface area contributed by atoms with Crippen LogP contribution in [-0.2, 0) is 24.8 Å². The van der Waals surface area contributed by atoms with Crippen LogP contribution in [0.25, 0.3) is 0 Å². The van der Waals surface area contributed by atoms with E-state index in [1.807, 2.05) is 18.1 Å². The van der Waals surface area contributed by atoms with Gasteiger partial charge in [0.2, 0.25) is 5.91 Å². The molecule has 0 spiro atoms. The molecule has 1 aromatic heterocycles. The van der Waals surface area contributed by atoms with Crippen molar-refractivity contribution >= 4 is 47.2 Å². The topological polar surface area (TPSA) is 69.0 Å². The molecule has 1 amide bonds. The Balaban J connectivity index is 0.00000272.